The Morgan fingerprint density at radius 2 is 1.80 bits per heavy atom. The van der Waals surface area contributed by atoms with Crippen molar-refractivity contribution in [3.8, 4) is 0 Å². The second-order valence-corrected chi connectivity index (χ2v) is 4.31. The van der Waals surface area contributed by atoms with Gasteiger partial charge < -0.3 is 10.4 Å². The van der Waals surface area contributed by atoms with Crippen molar-refractivity contribution in [2.45, 2.75) is 0 Å². The summed E-state index contributed by atoms with van der Waals surface area (Å²) in [6.45, 7) is 0. The third-order valence-corrected chi connectivity index (χ3v) is 2.71. The van der Waals surface area contributed by atoms with Crippen molar-refractivity contribution < 1.29 is 23.1 Å². The molecule has 0 aliphatic carbocycles. The Hall–Kier alpha value is -2.21. The van der Waals surface area contributed by atoms with Crippen LogP contribution >= 0.6 is 11.6 Å². The second kappa shape index (κ2) is 5.42. The van der Waals surface area contributed by atoms with E-state index in [4.69, 9.17) is 16.7 Å². The molecular formula is C13H7ClF3NO2. The smallest absolute Gasteiger partial charge is 0.337 e. The zero-order valence-electron chi connectivity index (χ0n) is 9.75. The van der Waals surface area contributed by atoms with E-state index in [0.717, 1.165) is 12.1 Å². The monoisotopic (exact) mass is 301 g/mol. The van der Waals surface area contributed by atoms with Crippen LogP contribution in [0, 0.1) is 17.5 Å². The van der Waals surface area contributed by atoms with Gasteiger partial charge in [-0.05, 0) is 18.2 Å². The summed E-state index contributed by atoms with van der Waals surface area (Å²) in [5, 5.41) is 11.5. The van der Waals surface area contributed by atoms with E-state index >= 15 is 0 Å². The number of carboxylic acids is 1. The van der Waals surface area contributed by atoms with Crippen molar-refractivity contribution in [2.75, 3.05) is 5.32 Å². The van der Waals surface area contributed by atoms with Gasteiger partial charge >= 0.3 is 5.97 Å². The third kappa shape index (κ3) is 2.85. The zero-order valence-corrected chi connectivity index (χ0v) is 10.5. The fraction of sp³-hybridized carbons (Fsp3) is 0. The molecule has 0 heterocycles. The molecule has 0 aromatic heterocycles. The van der Waals surface area contributed by atoms with Gasteiger partial charge in [-0.25, -0.2) is 18.0 Å². The lowest BCUT2D eigenvalue weighted by Gasteiger charge is -2.11. The number of aromatic carboxylic acids is 1. The number of anilines is 2. The summed E-state index contributed by atoms with van der Waals surface area (Å²) in [5.74, 6) is -4.99. The fourth-order valence-electron chi connectivity index (χ4n) is 1.59. The van der Waals surface area contributed by atoms with Gasteiger partial charge in [0.1, 0.15) is 5.82 Å². The molecule has 2 N–H and O–H groups in total. The lowest BCUT2D eigenvalue weighted by atomic mass is 10.1. The number of rotatable bonds is 3. The molecule has 104 valence electrons. The van der Waals surface area contributed by atoms with Gasteiger partial charge in [0.15, 0.2) is 11.6 Å². The number of hydrogen-bond donors (Lipinski definition) is 2. The van der Waals surface area contributed by atoms with E-state index in [1.165, 1.54) is 12.1 Å². The van der Waals surface area contributed by atoms with Crippen molar-refractivity contribution in [3.05, 3.63) is 58.4 Å². The largest absolute Gasteiger partial charge is 0.478 e. The minimum Gasteiger partial charge on any atom is -0.478 e. The van der Waals surface area contributed by atoms with Crippen LogP contribution in [-0.2, 0) is 0 Å². The molecule has 0 amide bonds. The fourth-order valence-corrected chi connectivity index (χ4v) is 1.77. The Morgan fingerprint density at radius 1 is 1.10 bits per heavy atom. The highest BCUT2D eigenvalue weighted by Gasteiger charge is 2.15. The number of halogens is 4. The van der Waals surface area contributed by atoms with Crippen molar-refractivity contribution in [2.24, 2.45) is 0 Å². The molecule has 0 unspecified atom stereocenters. The van der Waals surface area contributed by atoms with Gasteiger partial charge in [0.05, 0.1) is 16.9 Å². The first-order valence-electron chi connectivity index (χ1n) is 5.33. The average molecular weight is 302 g/mol. The highest BCUT2D eigenvalue weighted by Crippen LogP contribution is 2.27. The number of benzene rings is 2. The number of hydrogen-bond acceptors (Lipinski definition) is 2. The van der Waals surface area contributed by atoms with Gasteiger partial charge in [0.2, 0.25) is 0 Å². The average Bonchev–Trinajstić information content (AvgIpc) is 2.37. The molecule has 0 saturated heterocycles. The molecule has 0 bridgehead atoms. The molecule has 0 spiro atoms. The zero-order chi connectivity index (χ0) is 14.9. The van der Waals surface area contributed by atoms with Crippen LogP contribution in [0.4, 0.5) is 24.5 Å². The molecule has 0 fully saturated rings. The Bertz CT molecular complexity index is 692. The molecule has 7 heteroatoms. The molecule has 3 nitrogen and oxygen atoms in total. The lowest BCUT2D eigenvalue weighted by Crippen LogP contribution is -2.04. The molecule has 0 aliphatic heterocycles. The van der Waals surface area contributed by atoms with Crippen molar-refractivity contribution >= 4 is 28.9 Å². The van der Waals surface area contributed by atoms with Crippen LogP contribution < -0.4 is 5.32 Å². The van der Waals surface area contributed by atoms with Gasteiger partial charge in [-0.3, -0.25) is 0 Å². The highest BCUT2D eigenvalue weighted by atomic mass is 35.5. The van der Waals surface area contributed by atoms with Crippen LogP contribution in [0.5, 0.6) is 0 Å². The number of nitrogens with one attached hydrogen (secondary N) is 1. The van der Waals surface area contributed by atoms with Gasteiger partial charge in [0.25, 0.3) is 0 Å². The standard InChI is InChI=1S/C13H7ClF3NO2/c14-6-1-2-10(8(3-6)13(19)20)18-11-5-7(15)4-9(16)12(11)17/h1-5,18H,(H,19,20). The summed E-state index contributed by atoms with van der Waals surface area (Å²) < 4.78 is 39.6. The molecule has 2 rings (SSSR count). The van der Waals surface area contributed by atoms with E-state index in [0.29, 0.717) is 6.07 Å². The topological polar surface area (TPSA) is 49.3 Å². The van der Waals surface area contributed by atoms with E-state index in [1.54, 1.807) is 0 Å². The first-order chi connectivity index (χ1) is 9.38. The van der Waals surface area contributed by atoms with Crippen molar-refractivity contribution in [1.29, 1.82) is 0 Å². The summed E-state index contributed by atoms with van der Waals surface area (Å²) in [6.07, 6.45) is 0. The van der Waals surface area contributed by atoms with Gasteiger partial charge in [-0.15, -0.1) is 0 Å². The molecule has 20 heavy (non-hydrogen) atoms. The van der Waals surface area contributed by atoms with Gasteiger partial charge in [0, 0.05) is 17.2 Å². The maximum atomic E-state index is 13.5. The maximum absolute atomic E-state index is 13.5. The van der Waals surface area contributed by atoms with E-state index < -0.39 is 29.1 Å². The first-order valence-corrected chi connectivity index (χ1v) is 5.70. The summed E-state index contributed by atoms with van der Waals surface area (Å²) in [7, 11) is 0. The lowest BCUT2D eigenvalue weighted by molar-refractivity contribution is 0.0698. The van der Waals surface area contributed by atoms with Crippen LogP contribution in [0.3, 0.4) is 0 Å². The number of carbonyl (C=O) groups is 1. The van der Waals surface area contributed by atoms with Crippen LogP contribution in [0.2, 0.25) is 5.02 Å². The Labute approximate surface area is 116 Å². The SMILES string of the molecule is O=C(O)c1cc(Cl)ccc1Nc1cc(F)cc(F)c1F. The predicted octanol–water partition coefficient (Wildman–Crippen LogP) is 4.20. The molecule has 2 aromatic rings. The van der Waals surface area contributed by atoms with Crippen molar-refractivity contribution in [1.82, 2.24) is 0 Å². The first kappa shape index (κ1) is 14.2. The van der Waals surface area contributed by atoms with Gasteiger partial charge in [-0.1, -0.05) is 11.6 Å². The second-order valence-electron chi connectivity index (χ2n) is 3.87. The summed E-state index contributed by atoms with van der Waals surface area (Å²) in [4.78, 5) is 11.0. The maximum Gasteiger partial charge on any atom is 0.337 e. The Kier molecular flexibility index (Phi) is 3.85. The summed E-state index contributed by atoms with van der Waals surface area (Å²) in [6, 6.07) is 4.89. The van der Waals surface area contributed by atoms with E-state index in [-0.39, 0.29) is 16.3 Å². The minimum atomic E-state index is -1.38. The normalized spacial score (nSPS) is 10.4. The molecule has 0 saturated carbocycles. The van der Waals surface area contributed by atoms with Crippen LogP contribution in [0.25, 0.3) is 0 Å². The molecular weight excluding hydrogens is 295 g/mol. The Balaban J connectivity index is 2.48. The van der Waals surface area contributed by atoms with E-state index in [9.17, 15) is 18.0 Å². The third-order valence-electron chi connectivity index (χ3n) is 2.47. The number of carboxylic acid groups (broad SMARTS) is 1. The van der Waals surface area contributed by atoms with Crippen LogP contribution in [-0.4, -0.2) is 11.1 Å². The van der Waals surface area contributed by atoms with E-state index in [1.807, 2.05) is 0 Å². The molecule has 0 aliphatic rings. The summed E-state index contributed by atoms with van der Waals surface area (Å²) in [5.41, 5.74) is -0.792. The molecule has 0 radical (unpaired) electrons. The molecule has 2 aromatic carbocycles. The van der Waals surface area contributed by atoms with Crippen molar-refractivity contribution in [3.63, 3.8) is 0 Å². The van der Waals surface area contributed by atoms with Crippen LogP contribution in [0.1, 0.15) is 10.4 Å². The minimum absolute atomic E-state index is 0.0363. The van der Waals surface area contributed by atoms with Crippen LogP contribution in [0.15, 0.2) is 30.3 Å². The Morgan fingerprint density at radius 3 is 2.45 bits per heavy atom. The van der Waals surface area contributed by atoms with Gasteiger partial charge in [-0.2, -0.15) is 0 Å². The highest BCUT2D eigenvalue weighted by molar-refractivity contribution is 6.31. The quantitative estimate of drug-likeness (QED) is 0.835. The van der Waals surface area contributed by atoms with E-state index in [2.05, 4.69) is 5.32 Å². The molecule has 0 atom stereocenters. The predicted molar refractivity (Wildman–Crippen MR) is 68.0 cm³/mol. The summed E-state index contributed by atoms with van der Waals surface area (Å²) >= 11 is 5.66.